The molecule has 0 atom stereocenters. The lowest BCUT2D eigenvalue weighted by Gasteiger charge is -2.37. The molecule has 0 unspecified atom stereocenters. The maximum absolute atomic E-state index is 12.8. The van der Waals surface area contributed by atoms with E-state index in [4.69, 9.17) is 0 Å². The standard InChI is InChI=1S/C16H26N4O3S/c1-13(2)10-19-7-4-16(15(19)21)5-8-20(9-6-16)24(22,23)14-11-18(3)12-17-14/h11-13H,4-10H2,1-3H3. The predicted octanol–water partition coefficient (Wildman–Crippen LogP) is 1.08. The number of carbonyl (C=O) groups is 1. The number of carbonyl (C=O) groups excluding carboxylic acids is 1. The molecule has 1 aromatic rings. The van der Waals surface area contributed by atoms with Gasteiger partial charge in [-0.05, 0) is 25.2 Å². The van der Waals surface area contributed by atoms with E-state index in [1.165, 1.54) is 16.8 Å². The normalized spacial score (nSPS) is 22.0. The van der Waals surface area contributed by atoms with E-state index in [2.05, 4.69) is 18.8 Å². The average Bonchev–Trinajstić information content (AvgIpc) is 3.08. The quantitative estimate of drug-likeness (QED) is 0.811. The zero-order chi connectivity index (χ0) is 17.5. The molecular formula is C16H26N4O3S. The Morgan fingerprint density at radius 3 is 2.38 bits per heavy atom. The van der Waals surface area contributed by atoms with Crippen molar-refractivity contribution in [2.75, 3.05) is 26.2 Å². The van der Waals surface area contributed by atoms with Gasteiger partial charge in [-0.25, -0.2) is 13.4 Å². The molecule has 134 valence electrons. The first-order chi connectivity index (χ1) is 11.2. The van der Waals surface area contributed by atoms with Crippen LogP contribution < -0.4 is 0 Å². The first-order valence-electron chi connectivity index (χ1n) is 8.52. The fraction of sp³-hybridized carbons (Fsp3) is 0.750. The molecule has 0 aliphatic carbocycles. The first kappa shape index (κ1) is 17.4. The number of nitrogens with zero attached hydrogens (tertiary/aromatic N) is 4. The second-order valence-electron chi connectivity index (χ2n) is 7.46. The third-order valence-corrected chi connectivity index (χ3v) is 6.94. The molecule has 1 amide bonds. The molecule has 1 aromatic heterocycles. The number of imidazole rings is 1. The van der Waals surface area contributed by atoms with Gasteiger partial charge >= 0.3 is 0 Å². The molecule has 3 rings (SSSR count). The van der Waals surface area contributed by atoms with Crippen LogP contribution in [0.1, 0.15) is 33.1 Å². The van der Waals surface area contributed by atoms with Crippen molar-refractivity contribution in [2.24, 2.45) is 18.4 Å². The molecule has 0 aromatic carbocycles. The molecule has 0 bridgehead atoms. The highest BCUT2D eigenvalue weighted by Gasteiger charge is 2.49. The number of aromatic nitrogens is 2. The van der Waals surface area contributed by atoms with Gasteiger partial charge < -0.3 is 9.47 Å². The number of amides is 1. The van der Waals surface area contributed by atoms with Crippen LogP contribution in [-0.4, -0.2) is 59.3 Å². The first-order valence-corrected chi connectivity index (χ1v) is 9.96. The number of hydrogen-bond donors (Lipinski definition) is 0. The number of sulfonamides is 1. The van der Waals surface area contributed by atoms with Gasteiger partial charge in [-0.1, -0.05) is 13.8 Å². The summed E-state index contributed by atoms with van der Waals surface area (Å²) in [6, 6.07) is 0. The van der Waals surface area contributed by atoms with E-state index in [1.54, 1.807) is 11.6 Å². The Balaban J connectivity index is 1.69. The van der Waals surface area contributed by atoms with Crippen molar-refractivity contribution in [1.29, 1.82) is 0 Å². The van der Waals surface area contributed by atoms with Crippen molar-refractivity contribution < 1.29 is 13.2 Å². The molecule has 7 nitrogen and oxygen atoms in total. The molecule has 8 heteroatoms. The maximum atomic E-state index is 12.8. The summed E-state index contributed by atoms with van der Waals surface area (Å²) in [5, 5.41) is 0.0835. The summed E-state index contributed by atoms with van der Waals surface area (Å²) < 4.78 is 28.4. The van der Waals surface area contributed by atoms with Crippen LogP contribution in [0.2, 0.25) is 0 Å². The third kappa shape index (κ3) is 2.97. The van der Waals surface area contributed by atoms with E-state index in [-0.39, 0.29) is 16.3 Å². The molecule has 1 spiro atoms. The zero-order valence-electron chi connectivity index (χ0n) is 14.6. The van der Waals surface area contributed by atoms with Crippen LogP contribution in [0, 0.1) is 11.3 Å². The van der Waals surface area contributed by atoms with Crippen molar-refractivity contribution >= 4 is 15.9 Å². The fourth-order valence-corrected chi connectivity index (χ4v) is 5.19. The van der Waals surface area contributed by atoms with Gasteiger partial charge in [0, 0.05) is 39.4 Å². The van der Waals surface area contributed by atoms with Crippen LogP contribution in [0.5, 0.6) is 0 Å². The smallest absolute Gasteiger partial charge is 0.262 e. The summed E-state index contributed by atoms with van der Waals surface area (Å²) in [6.45, 7) is 6.58. The second-order valence-corrected chi connectivity index (χ2v) is 9.34. The van der Waals surface area contributed by atoms with Gasteiger partial charge in [0.2, 0.25) is 5.91 Å². The van der Waals surface area contributed by atoms with Crippen molar-refractivity contribution in [2.45, 2.75) is 38.1 Å². The van der Waals surface area contributed by atoms with Gasteiger partial charge in [0.15, 0.2) is 5.03 Å². The number of aryl methyl sites for hydroxylation is 1. The number of rotatable bonds is 4. The van der Waals surface area contributed by atoms with Gasteiger partial charge in [-0.3, -0.25) is 4.79 Å². The number of hydrogen-bond acceptors (Lipinski definition) is 4. The Hall–Kier alpha value is -1.41. The van der Waals surface area contributed by atoms with Gasteiger partial charge in [-0.15, -0.1) is 0 Å². The molecule has 0 N–H and O–H groups in total. The molecule has 2 saturated heterocycles. The maximum Gasteiger partial charge on any atom is 0.262 e. The van der Waals surface area contributed by atoms with Crippen LogP contribution in [-0.2, 0) is 21.9 Å². The molecule has 3 heterocycles. The van der Waals surface area contributed by atoms with E-state index in [9.17, 15) is 13.2 Å². The van der Waals surface area contributed by atoms with E-state index >= 15 is 0 Å². The highest BCUT2D eigenvalue weighted by atomic mass is 32.2. The number of likely N-dealkylation sites (tertiary alicyclic amines) is 1. The Morgan fingerprint density at radius 1 is 1.21 bits per heavy atom. The van der Waals surface area contributed by atoms with Crippen molar-refractivity contribution in [1.82, 2.24) is 18.8 Å². The summed E-state index contributed by atoms with van der Waals surface area (Å²) in [4.78, 5) is 18.7. The molecule has 0 radical (unpaired) electrons. The monoisotopic (exact) mass is 354 g/mol. The zero-order valence-corrected chi connectivity index (χ0v) is 15.4. The largest absolute Gasteiger partial charge is 0.342 e. The summed E-state index contributed by atoms with van der Waals surface area (Å²) >= 11 is 0. The highest BCUT2D eigenvalue weighted by molar-refractivity contribution is 7.89. The van der Waals surface area contributed by atoms with E-state index in [1.807, 2.05) is 4.90 Å². The molecule has 24 heavy (non-hydrogen) atoms. The lowest BCUT2D eigenvalue weighted by molar-refractivity contribution is -0.138. The highest BCUT2D eigenvalue weighted by Crippen LogP contribution is 2.42. The van der Waals surface area contributed by atoms with Crippen molar-refractivity contribution in [3.63, 3.8) is 0 Å². The average molecular weight is 354 g/mol. The molecule has 2 fully saturated rings. The van der Waals surface area contributed by atoms with Crippen molar-refractivity contribution in [3.05, 3.63) is 12.5 Å². The summed E-state index contributed by atoms with van der Waals surface area (Å²) in [5.41, 5.74) is -0.356. The Kier molecular flexibility index (Phi) is 4.46. The molecule has 0 saturated carbocycles. The van der Waals surface area contributed by atoms with Crippen LogP contribution in [0.4, 0.5) is 0 Å². The Labute approximate surface area is 143 Å². The lowest BCUT2D eigenvalue weighted by atomic mass is 9.77. The molecule has 2 aliphatic heterocycles. The van der Waals surface area contributed by atoms with Crippen LogP contribution in [0.25, 0.3) is 0 Å². The Morgan fingerprint density at radius 2 is 1.83 bits per heavy atom. The fourth-order valence-electron chi connectivity index (χ4n) is 3.78. The minimum absolute atomic E-state index is 0.0835. The topological polar surface area (TPSA) is 75.5 Å². The minimum atomic E-state index is -3.56. The van der Waals surface area contributed by atoms with Crippen LogP contribution in [0.3, 0.4) is 0 Å². The SMILES string of the molecule is CC(C)CN1CCC2(CCN(S(=O)(=O)c3cn(C)cn3)CC2)C1=O. The Bertz CT molecular complexity index is 717. The van der Waals surface area contributed by atoms with Gasteiger partial charge in [0.05, 0.1) is 11.7 Å². The lowest BCUT2D eigenvalue weighted by Crippen LogP contribution is -2.47. The summed E-state index contributed by atoms with van der Waals surface area (Å²) in [6.07, 6.45) is 5.06. The molecular weight excluding hydrogens is 328 g/mol. The number of piperidine rings is 1. The summed E-state index contributed by atoms with van der Waals surface area (Å²) in [7, 11) is -1.81. The summed E-state index contributed by atoms with van der Waals surface area (Å²) in [5.74, 6) is 0.666. The van der Waals surface area contributed by atoms with Gasteiger partial charge in [-0.2, -0.15) is 4.31 Å². The third-order valence-electron chi connectivity index (χ3n) is 5.15. The molecule has 2 aliphatic rings. The predicted molar refractivity (Wildman–Crippen MR) is 89.7 cm³/mol. The van der Waals surface area contributed by atoms with Gasteiger partial charge in [0.25, 0.3) is 10.0 Å². The van der Waals surface area contributed by atoms with Crippen LogP contribution in [0.15, 0.2) is 17.6 Å². The van der Waals surface area contributed by atoms with E-state index in [0.29, 0.717) is 31.8 Å². The minimum Gasteiger partial charge on any atom is -0.342 e. The van der Waals surface area contributed by atoms with Crippen molar-refractivity contribution in [3.8, 4) is 0 Å². The second kappa shape index (κ2) is 6.15. The van der Waals surface area contributed by atoms with E-state index in [0.717, 1.165) is 19.5 Å². The van der Waals surface area contributed by atoms with Gasteiger partial charge in [0.1, 0.15) is 0 Å². The van der Waals surface area contributed by atoms with Crippen LogP contribution >= 0.6 is 0 Å². The van der Waals surface area contributed by atoms with E-state index < -0.39 is 10.0 Å².